The highest BCUT2D eigenvalue weighted by molar-refractivity contribution is 6.05. The molecule has 0 atom stereocenters. The number of carbonyl (C=O) groups excluding carboxylic acids is 2. The van der Waals surface area contributed by atoms with Gasteiger partial charge in [-0.1, -0.05) is 6.07 Å². The third kappa shape index (κ3) is 3.14. The SMILES string of the molecule is O=C1CCc2ccc(NC(=O)c3ccc(-n4cccn4)cc3)cc2N1. The monoisotopic (exact) mass is 332 g/mol. The molecule has 124 valence electrons. The maximum absolute atomic E-state index is 12.4. The summed E-state index contributed by atoms with van der Waals surface area (Å²) in [6.45, 7) is 0. The van der Waals surface area contributed by atoms with Crippen LogP contribution in [0.15, 0.2) is 60.9 Å². The molecule has 1 aromatic heterocycles. The van der Waals surface area contributed by atoms with Crippen LogP contribution in [0.5, 0.6) is 0 Å². The Morgan fingerprint density at radius 2 is 1.96 bits per heavy atom. The average Bonchev–Trinajstić information content (AvgIpc) is 3.16. The highest BCUT2D eigenvalue weighted by Gasteiger charge is 2.15. The minimum absolute atomic E-state index is 0.00480. The zero-order valence-electron chi connectivity index (χ0n) is 13.4. The molecule has 3 aromatic rings. The van der Waals surface area contributed by atoms with Crippen LogP contribution in [0.25, 0.3) is 5.69 Å². The number of amides is 2. The molecular weight excluding hydrogens is 316 g/mol. The summed E-state index contributed by atoms with van der Waals surface area (Å²) >= 11 is 0. The maximum atomic E-state index is 12.4. The molecule has 0 spiro atoms. The molecule has 0 saturated heterocycles. The summed E-state index contributed by atoms with van der Waals surface area (Å²) in [5.41, 5.74) is 3.95. The lowest BCUT2D eigenvalue weighted by Gasteiger charge is -2.17. The highest BCUT2D eigenvalue weighted by Crippen LogP contribution is 2.26. The summed E-state index contributed by atoms with van der Waals surface area (Å²) < 4.78 is 1.73. The number of aryl methyl sites for hydroxylation is 1. The van der Waals surface area contributed by atoms with Crippen LogP contribution >= 0.6 is 0 Å². The number of nitrogens with one attached hydrogen (secondary N) is 2. The van der Waals surface area contributed by atoms with E-state index in [2.05, 4.69) is 15.7 Å². The van der Waals surface area contributed by atoms with Crippen molar-refractivity contribution in [3.63, 3.8) is 0 Å². The van der Waals surface area contributed by atoms with E-state index in [1.807, 2.05) is 36.5 Å². The van der Waals surface area contributed by atoms with Crippen LogP contribution in [0.1, 0.15) is 22.3 Å². The van der Waals surface area contributed by atoms with Crippen LogP contribution in [-0.2, 0) is 11.2 Å². The summed E-state index contributed by atoms with van der Waals surface area (Å²) in [5.74, 6) is -0.195. The van der Waals surface area contributed by atoms with Gasteiger partial charge in [0.2, 0.25) is 5.91 Å². The zero-order valence-corrected chi connectivity index (χ0v) is 13.4. The Hall–Kier alpha value is -3.41. The fraction of sp³-hybridized carbons (Fsp3) is 0.105. The van der Waals surface area contributed by atoms with Gasteiger partial charge in [-0.15, -0.1) is 0 Å². The Bertz CT molecular complexity index is 931. The lowest BCUT2D eigenvalue weighted by Crippen LogP contribution is -2.19. The number of rotatable bonds is 3. The van der Waals surface area contributed by atoms with Crippen molar-refractivity contribution in [2.24, 2.45) is 0 Å². The van der Waals surface area contributed by atoms with Crippen LogP contribution in [-0.4, -0.2) is 21.6 Å². The number of hydrogen-bond donors (Lipinski definition) is 2. The van der Waals surface area contributed by atoms with E-state index in [1.165, 1.54) is 0 Å². The Morgan fingerprint density at radius 3 is 2.72 bits per heavy atom. The van der Waals surface area contributed by atoms with Crippen LogP contribution in [0.2, 0.25) is 0 Å². The molecular formula is C19H16N4O2. The Balaban J connectivity index is 1.50. The molecule has 0 unspecified atom stereocenters. The highest BCUT2D eigenvalue weighted by atomic mass is 16.2. The van der Waals surface area contributed by atoms with Crippen molar-refractivity contribution in [2.75, 3.05) is 10.6 Å². The number of nitrogens with zero attached hydrogens (tertiary/aromatic N) is 2. The molecule has 0 bridgehead atoms. The van der Waals surface area contributed by atoms with Gasteiger partial charge in [-0.2, -0.15) is 5.10 Å². The average molecular weight is 332 g/mol. The molecule has 2 N–H and O–H groups in total. The van der Waals surface area contributed by atoms with Gasteiger partial charge in [0.25, 0.3) is 5.91 Å². The quantitative estimate of drug-likeness (QED) is 0.774. The Kier molecular flexibility index (Phi) is 3.78. The largest absolute Gasteiger partial charge is 0.326 e. The maximum Gasteiger partial charge on any atom is 0.255 e. The molecule has 1 aliphatic heterocycles. The minimum atomic E-state index is -0.200. The molecule has 1 aliphatic rings. The van der Waals surface area contributed by atoms with E-state index >= 15 is 0 Å². The second-order valence-electron chi connectivity index (χ2n) is 5.87. The number of anilines is 2. The molecule has 4 rings (SSSR count). The fourth-order valence-electron chi connectivity index (χ4n) is 2.84. The zero-order chi connectivity index (χ0) is 17.2. The predicted molar refractivity (Wildman–Crippen MR) is 94.9 cm³/mol. The smallest absolute Gasteiger partial charge is 0.255 e. The topological polar surface area (TPSA) is 76.0 Å². The summed E-state index contributed by atoms with van der Waals surface area (Å²) in [6.07, 6.45) is 4.78. The predicted octanol–water partition coefficient (Wildman–Crippen LogP) is 3.01. The van der Waals surface area contributed by atoms with Gasteiger partial charge in [-0.3, -0.25) is 9.59 Å². The van der Waals surface area contributed by atoms with E-state index in [0.29, 0.717) is 17.7 Å². The molecule has 0 aliphatic carbocycles. The van der Waals surface area contributed by atoms with Crippen LogP contribution < -0.4 is 10.6 Å². The Morgan fingerprint density at radius 1 is 1.12 bits per heavy atom. The number of fused-ring (bicyclic) bond motifs is 1. The van der Waals surface area contributed by atoms with Crippen molar-refractivity contribution in [1.82, 2.24) is 9.78 Å². The normalized spacial score (nSPS) is 13.0. The van der Waals surface area contributed by atoms with Gasteiger partial charge < -0.3 is 10.6 Å². The standard InChI is InChI=1S/C19H16N4O2/c24-18-9-5-13-2-6-15(12-17(13)22-18)21-19(25)14-3-7-16(8-4-14)23-11-1-10-20-23/h1-4,6-8,10-12H,5,9H2,(H,21,25)(H,22,24). The molecule has 0 fully saturated rings. The van der Waals surface area contributed by atoms with Gasteiger partial charge in [0.15, 0.2) is 0 Å². The van der Waals surface area contributed by atoms with Gasteiger partial charge in [0.05, 0.1) is 5.69 Å². The summed E-state index contributed by atoms with van der Waals surface area (Å²) in [4.78, 5) is 23.9. The molecule has 0 radical (unpaired) electrons. The minimum Gasteiger partial charge on any atom is -0.326 e. The lowest BCUT2D eigenvalue weighted by atomic mass is 10.0. The van der Waals surface area contributed by atoms with E-state index in [0.717, 1.165) is 23.4 Å². The second kappa shape index (κ2) is 6.24. The molecule has 2 aromatic carbocycles. The third-order valence-electron chi connectivity index (χ3n) is 4.16. The van der Waals surface area contributed by atoms with Crippen LogP contribution in [0.4, 0.5) is 11.4 Å². The van der Waals surface area contributed by atoms with E-state index in [1.54, 1.807) is 29.1 Å². The third-order valence-corrected chi connectivity index (χ3v) is 4.16. The first-order chi connectivity index (χ1) is 12.2. The first-order valence-corrected chi connectivity index (χ1v) is 8.03. The van der Waals surface area contributed by atoms with Crippen LogP contribution in [0.3, 0.4) is 0 Å². The van der Waals surface area contributed by atoms with E-state index in [9.17, 15) is 9.59 Å². The van der Waals surface area contributed by atoms with Crippen molar-refractivity contribution in [3.05, 3.63) is 72.1 Å². The van der Waals surface area contributed by atoms with Gasteiger partial charge >= 0.3 is 0 Å². The van der Waals surface area contributed by atoms with Crippen molar-refractivity contribution in [1.29, 1.82) is 0 Å². The molecule has 2 amide bonds. The number of aromatic nitrogens is 2. The first-order valence-electron chi connectivity index (χ1n) is 8.03. The first kappa shape index (κ1) is 15.1. The summed E-state index contributed by atoms with van der Waals surface area (Å²) in [6, 6.07) is 14.6. The van der Waals surface area contributed by atoms with Crippen molar-refractivity contribution in [2.45, 2.75) is 12.8 Å². The number of benzene rings is 2. The molecule has 2 heterocycles. The van der Waals surface area contributed by atoms with Crippen molar-refractivity contribution < 1.29 is 9.59 Å². The van der Waals surface area contributed by atoms with Crippen molar-refractivity contribution in [3.8, 4) is 5.69 Å². The summed E-state index contributed by atoms with van der Waals surface area (Å²) in [5, 5.41) is 9.86. The van der Waals surface area contributed by atoms with Gasteiger partial charge in [-0.25, -0.2) is 4.68 Å². The lowest BCUT2D eigenvalue weighted by molar-refractivity contribution is -0.116. The number of hydrogen-bond acceptors (Lipinski definition) is 3. The Labute approximate surface area is 144 Å². The molecule has 6 nitrogen and oxygen atoms in total. The van der Waals surface area contributed by atoms with Gasteiger partial charge in [-0.05, 0) is 54.4 Å². The van der Waals surface area contributed by atoms with E-state index in [-0.39, 0.29) is 11.8 Å². The molecule has 25 heavy (non-hydrogen) atoms. The van der Waals surface area contributed by atoms with Gasteiger partial charge in [0.1, 0.15) is 0 Å². The molecule has 0 saturated carbocycles. The van der Waals surface area contributed by atoms with Gasteiger partial charge in [0, 0.05) is 35.8 Å². The fourth-order valence-corrected chi connectivity index (χ4v) is 2.84. The second-order valence-corrected chi connectivity index (χ2v) is 5.87. The van der Waals surface area contributed by atoms with Crippen LogP contribution in [0, 0.1) is 0 Å². The molecule has 6 heteroatoms. The summed E-state index contributed by atoms with van der Waals surface area (Å²) in [7, 11) is 0. The van der Waals surface area contributed by atoms with Crippen molar-refractivity contribution >= 4 is 23.2 Å². The van der Waals surface area contributed by atoms with E-state index in [4.69, 9.17) is 0 Å². The van der Waals surface area contributed by atoms with E-state index < -0.39 is 0 Å². The number of carbonyl (C=O) groups is 2.